The van der Waals surface area contributed by atoms with Gasteiger partial charge in [-0.1, -0.05) is 25.5 Å². The standard InChI is InChI=1S/C16H24O3/c1-11-6-5-7-12(2)16(11,3)9-8-13-10-14(17)19-15(13)18-4/h6,10,12,15H,5,7-9H2,1-4H3/t12-,15?,16+/m1/s1. The highest BCUT2D eigenvalue weighted by molar-refractivity contribution is 5.85. The van der Waals surface area contributed by atoms with Crippen molar-refractivity contribution in [3.05, 3.63) is 23.3 Å². The van der Waals surface area contributed by atoms with Gasteiger partial charge in [0.25, 0.3) is 0 Å². The number of esters is 1. The molecule has 0 fully saturated rings. The molecule has 0 aromatic heterocycles. The Morgan fingerprint density at radius 3 is 2.89 bits per heavy atom. The van der Waals surface area contributed by atoms with Gasteiger partial charge in [0, 0.05) is 18.8 Å². The molecule has 0 saturated heterocycles. The lowest BCUT2D eigenvalue weighted by Gasteiger charge is -2.40. The van der Waals surface area contributed by atoms with Gasteiger partial charge in [0.05, 0.1) is 0 Å². The summed E-state index contributed by atoms with van der Waals surface area (Å²) in [5.41, 5.74) is 2.67. The van der Waals surface area contributed by atoms with Crippen LogP contribution in [0, 0.1) is 11.3 Å². The number of cyclic esters (lactones) is 1. The smallest absolute Gasteiger partial charge is 0.333 e. The number of carbonyl (C=O) groups excluding carboxylic acids is 1. The number of methoxy groups -OCH3 is 1. The molecule has 1 aliphatic carbocycles. The van der Waals surface area contributed by atoms with Crippen molar-refractivity contribution >= 4 is 5.97 Å². The van der Waals surface area contributed by atoms with Crippen molar-refractivity contribution < 1.29 is 14.3 Å². The van der Waals surface area contributed by atoms with E-state index in [9.17, 15) is 4.79 Å². The van der Waals surface area contributed by atoms with Crippen molar-refractivity contribution in [3.63, 3.8) is 0 Å². The average Bonchev–Trinajstić information content (AvgIpc) is 2.74. The highest BCUT2D eigenvalue weighted by atomic mass is 16.7. The van der Waals surface area contributed by atoms with Crippen LogP contribution in [0.4, 0.5) is 0 Å². The number of carbonyl (C=O) groups is 1. The van der Waals surface area contributed by atoms with E-state index in [4.69, 9.17) is 9.47 Å². The first kappa shape index (κ1) is 14.3. The van der Waals surface area contributed by atoms with E-state index >= 15 is 0 Å². The first-order valence-electron chi connectivity index (χ1n) is 7.08. The van der Waals surface area contributed by atoms with Gasteiger partial charge >= 0.3 is 5.97 Å². The molecule has 0 aromatic carbocycles. The molecule has 0 N–H and O–H groups in total. The molecule has 3 atom stereocenters. The van der Waals surface area contributed by atoms with Crippen molar-refractivity contribution in [2.45, 2.75) is 52.7 Å². The van der Waals surface area contributed by atoms with Crippen molar-refractivity contribution in [3.8, 4) is 0 Å². The molecule has 3 nitrogen and oxygen atoms in total. The minimum atomic E-state index is -0.473. The number of allylic oxidation sites excluding steroid dienone is 2. The van der Waals surface area contributed by atoms with Crippen LogP contribution < -0.4 is 0 Å². The Morgan fingerprint density at radius 2 is 2.26 bits per heavy atom. The molecule has 0 saturated carbocycles. The summed E-state index contributed by atoms with van der Waals surface area (Å²) in [5.74, 6) is 0.396. The maximum absolute atomic E-state index is 11.3. The van der Waals surface area contributed by atoms with Crippen LogP contribution in [0.2, 0.25) is 0 Å². The fourth-order valence-corrected chi connectivity index (χ4v) is 3.16. The van der Waals surface area contributed by atoms with Crippen LogP contribution in [0.15, 0.2) is 23.3 Å². The minimum absolute atomic E-state index is 0.225. The lowest BCUT2D eigenvalue weighted by Crippen LogP contribution is -2.30. The van der Waals surface area contributed by atoms with Crippen LogP contribution in [0.3, 0.4) is 0 Å². The zero-order valence-electron chi connectivity index (χ0n) is 12.4. The molecule has 0 bridgehead atoms. The Kier molecular flexibility index (Phi) is 4.14. The fraction of sp³-hybridized carbons (Fsp3) is 0.688. The van der Waals surface area contributed by atoms with E-state index in [1.807, 2.05) is 0 Å². The molecule has 0 spiro atoms. The number of hydrogen-bond acceptors (Lipinski definition) is 3. The largest absolute Gasteiger partial charge is 0.428 e. The van der Waals surface area contributed by atoms with Crippen molar-refractivity contribution in [1.82, 2.24) is 0 Å². The van der Waals surface area contributed by atoms with Gasteiger partial charge < -0.3 is 9.47 Å². The third kappa shape index (κ3) is 2.76. The van der Waals surface area contributed by atoms with E-state index < -0.39 is 6.29 Å². The Labute approximate surface area is 115 Å². The van der Waals surface area contributed by atoms with Crippen LogP contribution in [-0.2, 0) is 14.3 Å². The number of ether oxygens (including phenoxy) is 2. The van der Waals surface area contributed by atoms with Gasteiger partial charge in [-0.05, 0) is 43.9 Å². The molecule has 106 valence electrons. The van der Waals surface area contributed by atoms with E-state index in [0.29, 0.717) is 5.92 Å². The molecule has 2 rings (SSSR count). The Balaban J connectivity index is 2.05. The van der Waals surface area contributed by atoms with Crippen LogP contribution in [0.25, 0.3) is 0 Å². The molecule has 0 aromatic rings. The summed E-state index contributed by atoms with van der Waals surface area (Å²) in [6.07, 6.45) is 7.81. The van der Waals surface area contributed by atoms with E-state index in [1.54, 1.807) is 13.2 Å². The zero-order valence-corrected chi connectivity index (χ0v) is 12.4. The fourth-order valence-electron chi connectivity index (χ4n) is 3.16. The van der Waals surface area contributed by atoms with E-state index in [2.05, 4.69) is 26.8 Å². The van der Waals surface area contributed by atoms with Gasteiger partial charge in [-0.3, -0.25) is 0 Å². The van der Waals surface area contributed by atoms with Crippen LogP contribution in [0.5, 0.6) is 0 Å². The normalized spacial score (nSPS) is 34.8. The summed E-state index contributed by atoms with van der Waals surface area (Å²) < 4.78 is 10.3. The predicted octanol–water partition coefficient (Wildman–Crippen LogP) is 3.60. The second-order valence-electron chi connectivity index (χ2n) is 6.01. The van der Waals surface area contributed by atoms with E-state index in [0.717, 1.165) is 18.4 Å². The third-order valence-electron chi connectivity index (χ3n) is 5.01. The summed E-state index contributed by atoms with van der Waals surface area (Å²) in [6.45, 7) is 6.89. The summed E-state index contributed by atoms with van der Waals surface area (Å²) in [7, 11) is 1.58. The monoisotopic (exact) mass is 264 g/mol. The molecule has 0 radical (unpaired) electrons. The van der Waals surface area contributed by atoms with Gasteiger partial charge in [0.1, 0.15) is 0 Å². The van der Waals surface area contributed by atoms with Gasteiger partial charge in [-0.25, -0.2) is 4.79 Å². The average molecular weight is 264 g/mol. The lowest BCUT2D eigenvalue weighted by molar-refractivity contribution is -0.155. The maximum Gasteiger partial charge on any atom is 0.333 e. The summed E-state index contributed by atoms with van der Waals surface area (Å²) in [5, 5.41) is 0. The van der Waals surface area contributed by atoms with Gasteiger partial charge in [0.15, 0.2) is 0 Å². The molecule has 1 unspecified atom stereocenters. The van der Waals surface area contributed by atoms with Crippen LogP contribution >= 0.6 is 0 Å². The van der Waals surface area contributed by atoms with Crippen molar-refractivity contribution in [1.29, 1.82) is 0 Å². The highest BCUT2D eigenvalue weighted by Crippen LogP contribution is 2.46. The SMILES string of the molecule is COC1OC(=O)C=C1CC[C@@]1(C)C(C)=CCC[C@H]1C. The second-order valence-corrected chi connectivity index (χ2v) is 6.01. The molecular weight excluding hydrogens is 240 g/mol. The van der Waals surface area contributed by atoms with Gasteiger partial charge in [-0.15, -0.1) is 0 Å². The van der Waals surface area contributed by atoms with Crippen LogP contribution in [-0.4, -0.2) is 19.4 Å². The molecule has 2 aliphatic rings. The molecule has 19 heavy (non-hydrogen) atoms. The van der Waals surface area contributed by atoms with Gasteiger partial charge in [-0.2, -0.15) is 0 Å². The van der Waals surface area contributed by atoms with E-state index in [1.165, 1.54) is 18.4 Å². The zero-order chi connectivity index (χ0) is 14.0. The maximum atomic E-state index is 11.3. The molecule has 1 aliphatic heterocycles. The topological polar surface area (TPSA) is 35.5 Å². The van der Waals surface area contributed by atoms with Crippen molar-refractivity contribution in [2.75, 3.05) is 7.11 Å². The lowest BCUT2D eigenvalue weighted by atomic mass is 9.65. The predicted molar refractivity (Wildman–Crippen MR) is 74.5 cm³/mol. The first-order valence-corrected chi connectivity index (χ1v) is 7.08. The number of rotatable bonds is 4. The van der Waals surface area contributed by atoms with Crippen LogP contribution in [0.1, 0.15) is 46.5 Å². The highest BCUT2D eigenvalue weighted by Gasteiger charge is 2.36. The summed E-state index contributed by atoms with van der Waals surface area (Å²) in [6, 6.07) is 0. The van der Waals surface area contributed by atoms with Gasteiger partial charge in [0.2, 0.25) is 6.29 Å². The Morgan fingerprint density at radius 1 is 1.53 bits per heavy atom. The molecule has 3 heteroatoms. The number of hydrogen-bond donors (Lipinski definition) is 0. The Hall–Kier alpha value is -1.09. The van der Waals surface area contributed by atoms with Crippen molar-refractivity contribution in [2.24, 2.45) is 11.3 Å². The summed E-state index contributed by atoms with van der Waals surface area (Å²) in [4.78, 5) is 11.3. The third-order valence-corrected chi connectivity index (χ3v) is 5.01. The van der Waals surface area contributed by atoms with E-state index in [-0.39, 0.29) is 11.4 Å². The quantitative estimate of drug-likeness (QED) is 0.575. The minimum Gasteiger partial charge on any atom is -0.428 e. The first-order chi connectivity index (χ1) is 8.97. The summed E-state index contributed by atoms with van der Waals surface area (Å²) >= 11 is 0. The molecule has 0 amide bonds. The molecule has 1 heterocycles. The molecular formula is C16H24O3. The Bertz CT molecular complexity index is 422. The second kappa shape index (κ2) is 5.49.